The average Bonchev–Trinajstić information content (AvgIpc) is 2.62. The van der Waals surface area contributed by atoms with Crippen molar-refractivity contribution in [2.75, 3.05) is 26.2 Å². The third kappa shape index (κ3) is 4.61. The molecule has 0 bridgehead atoms. The molecule has 1 aromatic carbocycles. The molecule has 0 aliphatic carbocycles. The average molecular weight is 365 g/mol. The first-order chi connectivity index (χ1) is 12.0. The smallest absolute Gasteiger partial charge is 0.225 e. The van der Waals surface area contributed by atoms with Crippen molar-refractivity contribution in [1.29, 1.82) is 0 Å². The summed E-state index contributed by atoms with van der Waals surface area (Å²) < 4.78 is 26.8. The monoisotopic (exact) mass is 364 g/mol. The summed E-state index contributed by atoms with van der Waals surface area (Å²) in [7, 11) is -3.31. The van der Waals surface area contributed by atoms with Gasteiger partial charge in [0.25, 0.3) is 0 Å². The van der Waals surface area contributed by atoms with E-state index < -0.39 is 10.0 Å². The maximum Gasteiger partial charge on any atom is 0.225 e. The van der Waals surface area contributed by atoms with Crippen LogP contribution in [-0.4, -0.2) is 49.7 Å². The van der Waals surface area contributed by atoms with Crippen LogP contribution in [0.2, 0.25) is 0 Å². The lowest BCUT2D eigenvalue weighted by molar-refractivity contribution is -0.138. The van der Waals surface area contributed by atoms with E-state index in [9.17, 15) is 13.2 Å². The van der Waals surface area contributed by atoms with Gasteiger partial charge in [-0.25, -0.2) is 12.7 Å². The van der Waals surface area contributed by atoms with E-state index in [0.29, 0.717) is 31.8 Å². The molecular formula is C19H28N2O3S. The van der Waals surface area contributed by atoms with Gasteiger partial charge in [0.2, 0.25) is 15.9 Å². The Bertz CT molecular complexity index is 682. The summed E-state index contributed by atoms with van der Waals surface area (Å²) >= 11 is 0. The molecule has 0 saturated carbocycles. The second-order valence-electron chi connectivity index (χ2n) is 7.45. The standard InChI is InChI=1S/C19H28N2O3S/c1-16-6-5-11-20(14-16)19(22)18-9-12-21(13-10-18)25(23,24)15-17-7-3-2-4-8-17/h2-4,7-8,16,18H,5-6,9-15H2,1H3. The first-order valence-corrected chi connectivity index (χ1v) is 10.9. The fourth-order valence-corrected chi connectivity index (χ4v) is 5.47. The molecule has 0 spiro atoms. The number of hydrogen-bond donors (Lipinski definition) is 0. The summed E-state index contributed by atoms with van der Waals surface area (Å²) in [6.07, 6.45) is 3.55. The van der Waals surface area contributed by atoms with Crippen LogP contribution in [0.1, 0.15) is 38.2 Å². The van der Waals surface area contributed by atoms with Crippen molar-refractivity contribution in [3.05, 3.63) is 35.9 Å². The summed E-state index contributed by atoms with van der Waals surface area (Å²) in [4.78, 5) is 14.7. The van der Waals surface area contributed by atoms with E-state index in [1.807, 2.05) is 35.2 Å². The van der Waals surface area contributed by atoms with Crippen LogP contribution in [0.15, 0.2) is 30.3 Å². The van der Waals surface area contributed by atoms with Gasteiger partial charge in [-0.1, -0.05) is 37.3 Å². The fraction of sp³-hybridized carbons (Fsp3) is 0.632. The van der Waals surface area contributed by atoms with Gasteiger partial charge in [-0.2, -0.15) is 0 Å². The van der Waals surface area contributed by atoms with Crippen LogP contribution in [0.4, 0.5) is 0 Å². The normalized spacial score (nSPS) is 23.6. The summed E-state index contributed by atoms with van der Waals surface area (Å²) in [5.41, 5.74) is 0.808. The molecule has 5 nitrogen and oxygen atoms in total. The van der Waals surface area contributed by atoms with E-state index in [2.05, 4.69) is 6.92 Å². The molecule has 2 aliphatic rings. The molecular weight excluding hydrogens is 336 g/mol. The van der Waals surface area contributed by atoms with Crippen LogP contribution in [0.3, 0.4) is 0 Å². The Morgan fingerprint density at radius 1 is 1.08 bits per heavy atom. The van der Waals surface area contributed by atoms with E-state index in [1.54, 1.807) is 4.31 Å². The number of nitrogens with zero attached hydrogens (tertiary/aromatic N) is 2. The van der Waals surface area contributed by atoms with Crippen LogP contribution >= 0.6 is 0 Å². The molecule has 0 aromatic heterocycles. The Morgan fingerprint density at radius 2 is 1.76 bits per heavy atom. The number of hydrogen-bond acceptors (Lipinski definition) is 3. The quantitative estimate of drug-likeness (QED) is 0.825. The topological polar surface area (TPSA) is 57.7 Å². The Labute approximate surface area is 151 Å². The van der Waals surface area contributed by atoms with E-state index >= 15 is 0 Å². The molecule has 25 heavy (non-hydrogen) atoms. The summed E-state index contributed by atoms with van der Waals surface area (Å²) in [6, 6.07) is 9.27. The number of rotatable bonds is 4. The molecule has 2 fully saturated rings. The molecule has 2 aliphatic heterocycles. The second-order valence-corrected chi connectivity index (χ2v) is 9.42. The summed E-state index contributed by atoms with van der Waals surface area (Å²) in [5, 5.41) is 0. The third-order valence-corrected chi connectivity index (χ3v) is 7.21. The fourth-order valence-electron chi connectivity index (χ4n) is 3.90. The number of amides is 1. The van der Waals surface area contributed by atoms with Crippen LogP contribution in [-0.2, 0) is 20.6 Å². The predicted octanol–water partition coefficient (Wildman–Crippen LogP) is 2.49. The molecule has 3 rings (SSSR count). The van der Waals surface area contributed by atoms with E-state index in [-0.39, 0.29) is 17.6 Å². The van der Waals surface area contributed by atoms with Crippen molar-refractivity contribution in [1.82, 2.24) is 9.21 Å². The SMILES string of the molecule is CC1CCCN(C(=O)C2CCN(S(=O)(=O)Cc3ccccc3)CC2)C1. The van der Waals surface area contributed by atoms with Crippen molar-refractivity contribution in [2.45, 2.75) is 38.4 Å². The van der Waals surface area contributed by atoms with Gasteiger partial charge < -0.3 is 4.90 Å². The molecule has 6 heteroatoms. The van der Waals surface area contributed by atoms with Crippen molar-refractivity contribution >= 4 is 15.9 Å². The van der Waals surface area contributed by atoms with Gasteiger partial charge in [0.15, 0.2) is 0 Å². The van der Waals surface area contributed by atoms with Gasteiger partial charge in [-0.3, -0.25) is 4.79 Å². The minimum Gasteiger partial charge on any atom is -0.342 e. The number of benzene rings is 1. The lowest BCUT2D eigenvalue weighted by atomic mass is 9.93. The second kappa shape index (κ2) is 7.87. The van der Waals surface area contributed by atoms with Crippen molar-refractivity contribution in [3.8, 4) is 0 Å². The Kier molecular flexibility index (Phi) is 5.79. The van der Waals surface area contributed by atoms with Gasteiger partial charge >= 0.3 is 0 Å². The maximum atomic E-state index is 12.7. The molecule has 1 aromatic rings. The highest BCUT2D eigenvalue weighted by Crippen LogP contribution is 2.25. The Balaban J connectivity index is 1.55. The van der Waals surface area contributed by atoms with Gasteiger partial charge in [-0.05, 0) is 37.2 Å². The highest BCUT2D eigenvalue weighted by molar-refractivity contribution is 7.88. The molecule has 138 valence electrons. The molecule has 2 heterocycles. The molecule has 1 amide bonds. The lowest BCUT2D eigenvalue weighted by Gasteiger charge is -2.36. The zero-order valence-electron chi connectivity index (χ0n) is 14.9. The third-order valence-electron chi connectivity index (χ3n) is 5.36. The highest BCUT2D eigenvalue weighted by atomic mass is 32.2. The van der Waals surface area contributed by atoms with E-state index in [4.69, 9.17) is 0 Å². The van der Waals surface area contributed by atoms with Crippen molar-refractivity contribution < 1.29 is 13.2 Å². The predicted molar refractivity (Wildman–Crippen MR) is 98.3 cm³/mol. The van der Waals surface area contributed by atoms with Crippen LogP contribution in [0.5, 0.6) is 0 Å². The minimum atomic E-state index is -3.31. The largest absolute Gasteiger partial charge is 0.342 e. The number of carbonyl (C=O) groups is 1. The van der Waals surface area contributed by atoms with Gasteiger partial charge in [0, 0.05) is 32.1 Å². The molecule has 1 atom stereocenters. The van der Waals surface area contributed by atoms with E-state index in [0.717, 1.165) is 25.1 Å². The number of carbonyl (C=O) groups excluding carboxylic acids is 1. The highest BCUT2D eigenvalue weighted by Gasteiger charge is 2.34. The lowest BCUT2D eigenvalue weighted by Crippen LogP contribution is -2.47. The van der Waals surface area contributed by atoms with Crippen LogP contribution in [0.25, 0.3) is 0 Å². The van der Waals surface area contributed by atoms with Gasteiger partial charge in [0.05, 0.1) is 5.75 Å². The minimum absolute atomic E-state index is 0.0199. The number of piperidine rings is 2. The number of likely N-dealkylation sites (tertiary alicyclic amines) is 1. The van der Waals surface area contributed by atoms with Gasteiger partial charge in [0.1, 0.15) is 0 Å². The first kappa shape index (κ1) is 18.4. The van der Waals surface area contributed by atoms with Crippen molar-refractivity contribution in [3.63, 3.8) is 0 Å². The van der Waals surface area contributed by atoms with Gasteiger partial charge in [-0.15, -0.1) is 0 Å². The van der Waals surface area contributed by atoms with Crippen molar-refractivity contribution in [2.24, 2.45) is 11.8 Å². The summed E-state index contributed by atoms with van der Waals surface area (Å²) in [5.74, 6) is 0.819. The zero-order chi connectivity index (χ0) is 17.9. The van der Waals surface area contributed by atoms with Crippen LogP contribution < -0.4 is 0 Å². The number of sulfonamides is 1. The maximum absolute atomic E-state index is 12.7. The molecule has 0 radical (unpaired) electrons. The van der Waals surface area contributed by atoms with Crippen LogP contribution in [0, 0.1) is 11.8 Å². The first-order valence-electron chi connectivity index (χ1n) is 9.26. The molecule has 0 N–H and O–H groups in total. The summed E-state index contributed by atoms with van der Waals surface area (Å²) in [6.45, 7) is 4.81. The molecule has 1 unspecified atom stereocenters. The zero-order valence-corrected chi connectivity index (χ0v) is 15.7. The molecule has 2 saturated heterocycles. The Hall–Kier alpha value is -1.40. The van der Waals surface area contributed by atoms with E-state index in [1.165, 1.54) is 6.42 Å². The Morgan fingerprint density at radius 3 is 2.40 bits per heavy atom.